The van der Waals surface area contributed by atoms with Crippen molar-refractivity contribution < 1.29 is 9.21 Å². The van der Waals surface area contributed by atoms with Crippen LogP contribution >= 0.6 is 15.9 Å². The smallest absolute Gasteiger partial charge is 0.254 e. The molecular weight excluding hydrogens is 396 g/mol. The molecule has 0 fully saturated rings. The van der Waals surface area contributed by atoms with Gasteiger partial charge in [0.2, 0.25) is 0 Å². The summed E-state index contributed by atoms with van der Waals surface area (Å²) in [7, 11) is 1.75. The number of halogens is 1. The molecule has 0 radical (unpaired) electrons. The SMILES string of the molecule is CN(Cc1ccc(-c2ccc(Br)cc2)o1)C(=O)c1ccc2n[nH]nc2c1. The van der Waals surface area contributed by atoms with Gasteiger partial charge in [-0.05, 0) is 42.5 Å². The zero-order valence-corrected chi connectivity index (χ0v) is 15.5. The van der Waals surface area contributed by atoms with Crippen molar-refractivity contribution in [3.05, 3.63) is 70.4 Å². The Morgan fingerprint density at radius 3 is 2.65 bits per heavy atom. The number of fused-ring (bicyclic) bond motifs is 1. The van der Waals surface area contributed by atoms with E-state index in [0.717, 1.165) is 27.1 Å². The number of rotatable bonds is 4. The van der Waals surface area contributed by atoms with E-state index in [-0.39, 0.29) is 5.91 Å². The first-order chi connectivity index (χ1) is 12.6. The van der Waals surface area contributed by atoms with Gasteiger partial charge >= 0.3 is 0 Å². The number of nitrogens with zero attached hydrogens (tertiary/aromatic N) is 3. The molecule has 0 aliphatic rings. The second-order valence-corrected chi connectivity index (χ2v) is 6.88. The molecule has 0 aliphatic carbocycles. The lowest BCUT2D eigenvalue weighted by Gasteiger charge is -2.15. The van der Waals surface area contributed by atoms with Crippen molar-refractivity contribution in [1.29, 1.82) is 0 Å². The lowest BCUT2D eigenvalue weighted by Crippen LogP contribution is -2.25. The largest absolute Gasteiger partial charge is 0.459 e. The number of amides is 1. The maximum absolute atomic E-state index is 12.6. The van der Waals surface area contributed by atoms with Gasteiger partial charge in [0.05, 0.1) is 6.54 Å². The summed E-state index contributed by atoms with van der Waals surface area (Å²) >= 11 is 3.42. The van der Waals surface area contributed by atoms with Gasteiger partial charge in [0, 0.05) is 22.6 Å². The highest BCUT2D eigenvalue weighted by Gasteiger charge is 2.15. The number of aromatic amines is 1. The third-order valence-electron chi connectivity index (χ3n) is 4.09. The first kappa shape index (κ1) is 16.5. The summed E-state index contributed by atoms with van der Waals surface area (Å²) in [4.78, 5) is 14.3. The molecule has 0 saturated carbocycles. The van der Waals surface area contributed by atoms with Gasteiger partial charge in [-0.2, -0.15) is 15.4 Å². The molecule has 0 unspecified atom stereocenters. The highest BCUT2D eigenvalue weighted by molar-refractivity contribution is 9.10. The molecule has 2 heterocycles. The first-order valence-corrected chi connectivity index (χ1v) is 8.80. The molecule has 1 N–H and O–H groups in total. The molecule has 4 rings (SSSR count). The van der Waals surface area contributed by atoms with Crippen LogP contribution in [0.5, 0.6) is 0 Å². The van der Waals surface area contributed by atoms with Crippen LogP contribution in [-0.4, -0.2) is 33.3 Å². The number of hydrogen-bond acceptors (Lipinski definition) is 4. The Morgan fingerprint density at radius 2 is 1.85 bits per heavy atom. The minimum atomic E-state index is -0.100. The summed E-state index contributed by atoms with van der Waals surface area (Å²) < 4.78 is 6.90. The Bertz CT molecular complexity index is 1070. The molecule has 2 aromatic heterocycles. The standard InChI is InChI=1S/C19H15BrN4O2/c1-24(19(25)13-4-8-16-17(10-13)22-23-21-16)11-15-7-9-18(26-15)12-2-5-14(20)6-3-12/h2-10H,11H2,1H3,(H,21,22,23). The maximum Gasteiger partial charge on any atom is 0.254 e. The van der Waals surface area contributed by atoms with Gasteiger partial charge < -0.3 is 9.32 Å². The van der Waals surface area contributed by atoms with Gasteiger partial charge in [-0.25, -0.2) is 0 Å². The average Bonchev–Trinajstić information content (AvgIpc) is 3.30. The fourth-order valence-electron chi connectivity index (χ4n) is 2.73. The molecule has 2 aromatic carbocycles. The van der Waals surface area contributed by atoms with Gasteiger partial charge in [-0.1, -0.05) is 28.1 Å². The van der Waals surface area contributed by atoms with Gasteiger partial charge in [-0.3, -0.25) is 4.79 Å². The minimum Gasteiger partial charge on any atom is -0.459 e. The van der Waals surface area contributed by atoms with Crippen LogP contribution in [0.2, 0.25) is 0 Å². The van der Waals surface area contributed by atoms with Crippen molar-refractivity contribution in [3.8, 4) is 11.3 Å². The van der Waals surface area contributed by atoms with Crippen LogP contribution in [0.3, 0.4) is 0 Å². The summed E-state index contributed by atoms with van der Waals surface area (Å²) in [6.07, 6.45) is 0. The molecule has 1 amide bonds. The molecule has 6 nitrogen and oxygen atoms in total. The summed E-state index contributed by atoms with van der Waals surface area (Å²) in [5.74, 6) is 1.40. The Morgan fingerprint density at radius 1 is 1.08 bits per heavy atom. The van der Waals surface area contributed by atoms with Gasteiger partial charge in [0.1, 0.15) is 22.6 Å². The number of hydrogen-bond donors (Lipinski definition) is 1. The van der Waals surface area contributed by atoms with E-state index >= 15 is 0 Å². The maximum atomic E-state index is 12.6. The van der Waals surface area contributed by atoms with Crippen molar-refractivity contribution in [1.82, 2.24) is 20.3 Å². The third kappa shape index (κ3) is 3.25. The fraction of sp³-hybridized carbons (Fsp3) is 0.105. The van der Waals surface area contributed by atoms with Crippen molar-refractivity contribution >= 4 is 32.9 Å². The zero-order valence-electron chi connectivity index (χ0n) is 13.9. The predicted octanol–water partition coefficient (Wildman–Crippen LogP) is 4.25. The molecular formula is C19H15BrN4O2. The predicted molar refractivity (Wildman–Crippen MR) is 102 cm³/mol. The quantitative estimate of drug-likeness (QED) is 0.545. The Hall–Kier alpha value is -2.93. The monoisotopic (exact) mass is 410 g/mol. The molecule has 0 bridgehead atoms. The van der Waals surface area contributed by atoms with E-state index in [4.69, 9.17) is 4.42 Å². The Labute approximate surface area is 157 Å². The molecule has 0 aliphatic heterocycles. The molecule has 0 saturated heterocycles. The summed E-state index contributed by atoms with van der Waals surface area (Å²) in [6, 6.07) is 17.0. The highest BCUT2D eigenvalue weighted by Crippen LogP contribution is 2.24. The number of carbonyl (C=O) groups is 1. The number of nitrogens with one attached hydrogen (secondary N) is 1. The van der Waals surface area contributed by atoms with E-state index in [1.54, 1.807) is 30.1 Å². The summed E-state index contributed by atoms with van der Waals surface area (Å²) in [6.45, 7) is 0.381. The molecule has 7 heteroatoms. The Kier molecular flexibility index (Phi) is 4.30. The van der Waals surface area contributed by atoms with Crippen LogP contribution in [0, 0.1) is 0 Å². The van der Waals surface area contributed by atoms with E-state index in [0.29, 0.717) is 17.6 Å². The molecule has 26 heavy (non-hydrogen) atoms. The second kappa shape index (κ2) is 6.76. The average molecular weight is 411 g/mol. The molecule has 130 valence electrons. The summed E-state index contributed by atoms with van der Waals surface area (Å²) in [5.41, 5.74) is 2.95. The van der Waals surface area contributed by atoms with Gasteiger partial charge in [0.15, 0.2) is 0 Å². The number of benzene rings is 2. The van der Waals surface area contributed by atoms with Gasteiger partial charge in [0.25, 0.3) is 5.91 Å². The van der Waals surface area contributed by atoms with E-state index in [2.05, 4.69) is 31.3 Å². The van der Waals surface area contributed by atoms with Crippen molar-refractivity contribution in [3.63, 3.8) is 0 Å². The second-order valence-electron chi connectivity index (χ2n) is 5.96. The lowest BCUT2D eigenvalue weighted by atomic mass is 10.1. The number of furan rings is 1. The van der Waals surface area contributed by atoms with Crippen LogP contribution in [0.25, 0.3) is 22.4 Å². The molecule has 0 atom stereocenters. The third-order valence-corrected chi connectivity index (χ3v) is 4.62. The highest BCUT2D eigenvalue weighted by atomic mass is 79.9. The van der Waals surface area contributed by atoms with Crippen LogP contribution < -0.4 is 0 Å². The minimum absolute atomic E-state index is 0.100. The topological polar surface area (TPSA) is 75.0 Å². The molecule has 0 spiro atoms. The number of H-pyrrole nitrogens is 1. The lowest BCUT2D eigenvalue weighted by molar-refractivity contribution is 0.0776. The fourth-order valence-corrected chi connectivity index (χ4v) is 3.00. The van der Waals surface area contributed by atoms with Crippen LogP contribution in [0.1, 0.15) is 16.1 Å². The van der Waals surface area contributed by atoms with Crippen molar-refractivity contribution in [2.24, 2.45) is 0 Å². The van der Waals surface area contributed by atoms with Crippen LogP contribution in [-0.2, 0) is 6.54 Å². The number of carbonyl (C=O) groups excluding carboxylic acids is 1. The normalized spacial score (nSPS) is 11.0. The van der Waals surface area contributed by atoms with Crippen LogP contribution in [0.15, 0.2) is 63.5 Å². The molecule has 4 aromatic rings. The Balaban J connectivity index is 1.49. The zero-order chi connectivity index (χ0) is 18.1. The van der Waals surface area contributed by atoms with Gasteiger partial charge in [-0.15, -0.1) is 0 Å². The van der Waals surface area contributed by atoms with E-state index in [1.807, 2.05) is 36.4 Å². The number of aromatic nitrogens is 3. The van der Waals surface area contributed by atoms with E-state index in [1.165, 1.54) is 0 Å². The van der Waals surface area contributed by atoms with Crippen molar-refractivity contribution in [2.45, 2.75) is 6.54 Å². The summed E-state index contributed by atoms with van der Waals surface area (Å²) in [5, 5.41) is 10.6. The first-order valence-electron chi connectivity index (χ1n) is 8.01. The van der Waals surface area contributed by atoms with E-state index in [9.17, 15) is 4.79 Å². The van der Waals surface area contributed by atoms with Crippen molar-refractivity contribution in [2.75, 3.05) is 7.05 Å². The van der Waals surface area contributed by atoms with E-state index < -0.39 is 0 Å². The van der Waals surface area contributed by atoms with Crippen LogP contribution in [0.4, 0.5) is 0 Å².